The lowest BCUT2D eigenvalue weighted by atomic mass is 10.1. The van der Waals surface area contributed by atoms with Crippen LogP contribution < -0.4 is 5.32 Å². The molecule has 0 aliphatic rings. The van der Waals surface area contributed by atoms with Crippen molar-refractivity contribution in [2.24, 2.45) is 0 Å². The van der Waals surface area contributed by atoms with E-state index >= 15 is 0 Å². The second-order valence-corrected chi connectivity index (χ2v) is 7.67. The van der Waals surface area contributed by atoms with E-state index in [0.717, 1.165) is 6.42 Å². The fourth-order valence-corrected chi connectivity index (χ4v) is 3.33. The molecule has 0 aromatic heterocycles. The molecule has 30 heavy (non-hydrogen) atoms. The Hall–Kier alpha value is -2.47. The number of benzene rings is 2. The molecular weight excluding hydrogens is 410 g/mol. The second-order valence-electron chi connectivity index (χ2n) is 7.27. The number of hydrogen-bond donors (Lipinski definition) is 1. The van der Waals surface area contributed by atoms with Gasteiger partial charge in [-0.15, -0.1) is 0 Å². The summed E-state index contributed by atoms with van der Waals surface area (Å²) < 4.78 is 27.5. The highest BCUT2D eigenvalue weighted by atomic mass is 35.5. The summed E-state index contributed by atoms with van der Waals surface area (Å²) in [7, 11) is 0. The Balaban J connectivity index is 2.34. The molecule has 0 saturated heterocycles. The largest absolute Gasteiger partial charge is 0.352 e. The van der Waals surface area contributed by atoms with Gasteiger partial charge in [-0.25, -0.2) is 8.78 Å². The molecule has 0 aliphatic heterocycles. The Morgan fingerprint density at radius 2 is 1.73 bits per heavy atom. The highest BCUT2D eigenvalue weighted by Crippen LogP contribution is 2.22. The van der Waals surface area contributed by atoms with Gasteiger partial charge in [-0.2, -0.15) is 0 Å². The molecule has 0 bridgehead atoms. The summed E-state index contributed by atoms with van der Waals surface area (Å²) in [5.74, 6) is -1.68. The monoisotopic (exact) mass is 436 g/mol. The molecule has 0 aliphatic carbocycles. The van der Waals surface area contributed by atoms with Gasteiger partial charge >= 0.3 is 0 Å². The summed E-state index contributed by atoms with van der Waals surface area (Å²) in [6.07, 6.45) is 0.846. The first kappa shape index (κ1) is 23.8. The Labute approximate surface area is 181 Å². The van der Waals surface area contributed by atoms with Crippen LogP contribution in [0.1, 0.15) is 44.7 Å². The van der Waals surface area contributed by atoms with E-state index in [9.17, 15) is 18.4 Å². The molecule has 2 aromatic carbocycles. The van der Waals surface area contributed by atoms with Crippen LogP contribution in [0.25, 0.3) is 0 Å². The summed E-state index contributed by atoms with van der Waals surface area (Å²) >= 11 is 6.09. The molecule has 0 fully saturated rings. The molecular formula is C23H27ClF2N2O2. The van der Waals surface area contributed by atoms with Crippen molar-refractivity contribution in [1.82, 2.24) is 10.2 Å². The summed E-state index contributed by atoms with van der Waals surface area (Å²) in [4.78, 5) is 27.5. The molecule has 7 heteroatoms. The van der Waals surface area contributed by atoms with Crippen molar-refractivity contribution in [3.63, 3.8) is 0 Å². The van der Waals surface area contributed by atoms with Gasteiger partial charge in [0.2, 0.25) is 11.8 Å². The Kier molecular flexibility index (Phi) is 8.78. The molecule has 2 aromatic rings. The number of amides is 2. The molecule has 162 valence electrons. The standard InChI is InChI=1S/C23H27ClF2N2O2/c1-4-15(3)27-23(30)21(5-2)28(14-16-9-11-17(25)12-10-16)22(29)13-18-19(24)7-6-8-20(18)26/h6-12,15,21H,4-5,13-14H2,1-3H3,(H,27,30)/t15-,21+/m0/s1. The first-order chi connectivity index (χ1) is 14.3. The minimum absolute atomic E-state index is 0.0460. The molecule has 0 radical (unpaired) electrons. The third-order valence-corrected chi connectivity index (χ3v) is 5.40. The third-order valence-electron chi connectivity index (χ3n) is 5.04. The van der Waals surface area contributed by atoms with Gasteiger partial charge in [-0.05, 0) is 49.6 Å². The van der Waals surface area contributed by atoms with Crippen molar-refractivity contribution in [2.45, 2.75) is 58.7 Å². The quantitative estimate of drug-likeness (QED) is 0.608. The predicted molar refractivity (Wildman–Crippen MR) is 114 cm³/mol. The van der Waals surface area contributed by atoms with E-state index < -0.39 is 23.6 Å². The molecule has 4 nitrogen and oxygen atoms in total. The van der Waals surface area contributed by atoms with Gasteiger partial charge in [-0.1, -0.05) is 43.6 Å². The SMILES string of the molecule is CC[C@H](C(=O)N[C@@H](C)CC)N(Cc1ccc(F)cc1)C(=O)Cc1c(F)cccc1Cl. The van der Waals surface area contributed by atoms with Gasteiger partial charge in [-0.3, -0.25) is 9.59 Å². The summed E-state index contributed by atoms with van der Waals surface area (Å²) in [6.45, 7) is 5.74. The second kappa shape index (κ2) is 11.1. The van der Waals surface area contributed by atoms with Crippen molar-refractivity contribution in [3.8, 4) is 0 Å². The Morgan fingerprint density at radius 3 is 2.30 bits per heavy atom. The van der Waals surface area contributed by atoms with Gasteiger partial charge in [0.1, 0.15) is 17.7 Å². The van der Waals surface area contributed by atoms with Crippen LogP contribution in [0.2, 0.25) is 5.02 Å². The van der Waals surface area contributed by atoms with E-state index in [4.69, 9.17) is 11.6 Å². The predicted octanol–water partition coefficient (Wildman–Crippen LogP) is 4.88. The minimum atomic E-state index is -0.748. The Morgan fingerprint density at radius 1 is 1.07 bits per heavy atom. The van der Waals surface area contributed by atoms with Crippen LogP contribution in [-0.4, -0.2) is 28.8 Å². The average Bonchev–Trinajstić information content (AvgIpc) is 2.71. The molecule has 2 atom stereocenters. The van der Waals surface area contributed by atoms with Gasteiger partial charge in [0.25, 0.3) is 0 Å². The van der Waals surface area contributed by atoms with E-state index in [1.807, 2.05) is 20.8 Å². The molecule has 2 rings (SSSR count). The van der Waals surface area contributed by atoms with Gasteiger partial charge in [0, 0.05) is 23.2 Å². The van der Waals surface area contributed by atoms with Crippen LogP contribution in [0, 0.1) is 11.6 Å². The maximum atomic E-state index is 14.2. The first-order valence-corrected chi connectivity index (χ1v) is 10.4. The van der Waals surface area contributed by atoms with E-state index in [2.05, 4.69) is 5.32 Å². The van der Waals surface area contributed by atoms with Crippen LogP contribution in [0.4, 0.5) is 8.78 Å². The van der Waals surface area contributed by atoms with Gasteiger partial charge in [0.15, 0.2) is 0 Å². The zero-order chi connectivity index (χ0) is 22.3. The highest BCUT2D eigenvalue weighted by molar-refractivity contribution is 6.31. The minimum Gasteiger partial charge on any atom is -0.352 e. The van der Waals surface area contributed by atoms with Crippen molar-refractivity contribution >= 4 is 23.4 Å². The van der Waals surface area contributed by atoms with Crippen LogP contribution in [0.5, 0.6) is 0 Å². The number of hydrogen-bond acceptors (Lipinski definition) is 2. The lowest BCUT2D eigenvalue weighted by Crippen LogP contribution is -2.51. The number of nitrogens with one attached hydrogen (secondary N) is 1. The summed E-state index contributed by atoms with van der Waals surface area (Å²) in [6, 6.07) is 9.15. The summed E-state index contributed by atoms with van der Waals surface area (Å²) in [5.41, 5.74) is 0.754. The molecule has 0 spiro atoms. The van der Waals surface area contributed by atoms with Crippen LogP contribution >= 0.6 is 11.6 Å². The van der Waals surface area contributed by atoms with Crippen LogP contribution in [-0.2, 0) is 22.6 Å². The fraction of sp³-hybridized carbons (Fsp3) is 0.391. The van der Waals surface area contributed by atoms with Gasteiger partial charge < -0.3 is 10.2 Å². The normalized spacial score (nSPS) is 12.9. The molecule has 0 saturated carbocycles. The number of carbonyl (C=O) groups is 2. The smallest absolute Gasteiger partial charge is 0.243 e. The molecule has 1 N–H and O–H groups in total. The highest BCUT2D eigenvalue weighted by Gasteiger charge is 2.30. The van der Waals surface area contributed by atoms with Crippen molar-refractivity contribution in [2.75, 3.05) is 0 Å². The van der Waals surface area contributed by atoms with Crippen molar-refractivity contribution < 1.29 is 18.4 Å². The lowest BCUT2D eigenvalue weighted by molar-refractivity contribution is -0.141. The molecule has 2 amide bonds. The molecule has 0 unspecified atom stereocenters. The van der Waals surface area contributed by atoms with Gasteiger partial charge in [0.05, 0.1) is 6.42 Å². The van der Waals surface area contributed by atoms with E-state index in [1.165, 1.54) is 35.2 Å². The maximum absolute atomic E-state index is 14.2. The van der Waals surface area contributed by atoms with Crippen molar-refractivity contribution in [1.29, 1.82) is 0 Å². The van der Waals surface area contributed by atoms with Crippen molar-refractivity contribution in [3.05, 3.63) is 70.2 Å². The molecule has 0 heterocycles. The number of carbonyl (C=O) groups excluding carboxylic acids is 2. The van der Waals surface area contributed by atoms with E-state index in [0.29, 0.717) is 12.0 Å². The Bertz CT molecular complexity index is 854. The lowest BCUT2D eigenvalue weighted by Gasteiger charge is -2.31. The zero-order valence-corrected chi connectivity index (χ0v) is 18.2. The van der Waals surface area contributed by atoms with E-state index in [-0.39, 0.29) is 35.5 Å². The first-order valence-electron chi connectivity index (χ1n) is 10.0. The number of halogens is 3. The summed E-state index contributed by atoms with van der Waals surface area (Å²) in [5, 5.41) is 3.06. The van der Waals surface area contributed by atoms with Crippen LogP contribution in [0.3, 0.4) is 0 Å². The number of nitrogens with zero attached hydrogens (tertiary/aromatic N) is 1. The van der Waals surface area contributed by atoms with Crippen LogP contribution in [0.15, 0.2) is 42.5 Å². The topological polar surface area (TPSA) is 49.4 Å². The third kappa shape index (κ3) is 6.26. The average molecular weight is 437 g/mol. The zero-order valence-electron chi connectivity index (χ0n) is 17.4. The number of rotatable bonds is 9. The van der Waals surface area contributed by atoms with E-state index in [1.54, 1.807) is 12.1 Å². The fourth-order valence-electron chi connectivity index (χ4n) is 3.10. The maximum Gasteiger partial charge on any atom is 0.243 e.